The van der Waals surface area contributed by atoms with Crippen molar-refractivity contribution in [1.29, 1.82) is 5.26 Å². The van der Waals surface area contributed by atoms with Crippen LogP contribution in [0.25, 0.3) is 0 Å². The highest BCUT2D eigenvalue weighted by atomic mass is 35.5. The van der Waals surface area contributed by atoms with Gasteiger partial charge in [-0.1, -0.05) is 48.0 Å². The zero-order valence-corrected chi connectivity index (χ0v) is 18.9. The molecule has 0 spiro atoms. The van der Waals surface area contributed by atoms with Gasteiger partial charge in [-0.15, -0.1) is 0 Å². The number of ether oxygens (including phenoxy) is 2. The molecule has 0 radical (unpaired) electrons. The molecule has 0 fully saturated rings. The van der Waals surface area contributed by atoms with Gasteiger partial charge in [0.25, 0.3) is 0 Å². The standard InChI is InChI=1S/C24H22ClN3O4/c1-13-10-11-17(25)14(2)20(13)28-21(24(30)32-4)19(23(29)31-3)18(16(12-26)22(28)27)15-8-6-5-7-9-15/h5-11,18H,27H2,1-4H3. The van der Waals surface area contributed by atoms with Gasteiger partial charge in [0.05, 0.1) is 43.0 Å². The van der Waals surface area contributed by atoms with Gasteiger partial charge in [0.15, 0.2) is 0 Å². The molecular weight excluding hydrogens is 430 g/mol. The number of aryl methyl sites for hydroxylation is 1. The topological polar surface area (TPSA) is 106 Å². The Labute approximate surface area is 191 Å². The number of carbonyl (C=O) groups excluding carboxylic acids is 2. The summed E-state index contributed by atoms with van der Waals surface area (Å²) >= 11 is 6.36. The molecule has 0 aromatic heterocycles. The van der Waals surface area contributed by atoms with E-state index in [-0.39, 0.29) is 22.7 Å². The SMILES string of the molecule is COC(=O)C1=C(C(=O)OC)N(c2c(C)ccc(Cl)c2C)C(N)=C(C#N)C1c1ccccc1. The van der Waals surface area contributed by atoms with Crippen molar-refractivity contribution in [2.24, 2.45) is 5.73 Å². The van der Waals surface area contributed by atoms with Crippen LogP contribution in [0, 0.1) is 25.2 Å². The van der Waals surface area contributed by atoms with Gasteiger partial charge in [-0.05, 0) is 36.6 Å². The van der Waals surface area contributed by atoms with E-state index in [1.54, 1.807) is 49.4 Å². The summed E-state index contributed by atoms with van der Waals surface area (Å²) in [6.07, 6.45) is 0. The number of nitriles is 1. The molecule has 1 aliphatic rings. The van der Waals surface area contributed by atoms with Crippen LogP contribution < -0.4 is 10.6 Å². The molecule has 1 atom stereocenters. The third kappa shape index (κ3) is 3.70. The quantitative estimate of drug-likeness (QED) is 0.703. The minimum Gasteiger partial charge on any atom is -0.466 e. The van der Waals surface area contributed by atoms with Crippen molar-refractivity contribution >= 4 is 29.2 Å². The van der Waals surface area contributed by atoms with Crippen molar-refractivity contribution in [3.05, 3.63) is 86.8 Å². The molecule has 0 saturated carbocycles. The van der Waals surface area contributed by atoms with E-state index in [1.165, 1.54) is 19.1 Å². The van der Waals surface area contributed by atoms with E-state index in [2.05, 4.69) is 6.07 Å². The van der Waals surface area contributed by atoms with Crippen LogP contribution in [0.5, 0.6) is 0 Å². The van der Waals surface area contributed by atoms with Crippen LogP contribution in [-0.4, -0.2) is 26.2 Å². The molecule has 2 aromatic rings. The molecule has 32 heavy (non-hydrogen) atoms. The van der Waals surface area contributed by atoms with Crippen LogP contribution in [0.4, 0.5) is 5.69 Å². The fraction of sp³-hybridized carbons (Fsp3) is 0.208. The fourth-order valence-electron chi connectivity index (χ4n) is 3.90. The third-order valence-corrected chi connectivity index (χ3v) is 5.81. The van der Waals surface area contributed by atoms with E-state index in [0.717, 1.165) is 5.56 Å². The molecule has 1 heterocycles. The zero-order chi connectivity index (χ0) is 23.6. The summed E-state index contributed by atoms with van der Waals surface area (Å²) in [5.41, 5.74) is 8.88. The number of esters is 2. The molecule has 0 saturated heterocycles. The molecular formula is C24H22ClN3O4. The lowest BCUT2D eigenvalue weighted by molar-refractivity contribution is -0.139. The largest absolute Gasteiger partial charge is 0.466 e. The minimum atomic E-state index is -0.918. The van der Waals surface area contributed by atoms with Crippen molar-refractivity contribution in [3.8, 4) is 6.07 Å². The molecule has 164 valence electrons. The number of allylic oxidation sites excluding steroid dienone is 1. The summed E-state index contributed by atoms with van der Waals surface area (Å²) in [5, 5.41) is 10.5. The van der Waals surface area contributed by atoms with Crippen molar-refractivity contribution in [2.45, 2.75) is 19.8 Å². The number of nitrogens with two attached hydrogens (primary N) is 1. The summed E-state index contributed by atoms with van der Waals surface area (Å²) in [6.45, 7) is 3.58. The summed E-state index contributed by atoms with van der Waals surface area (Å²) in [7, 11) is 2.41. The molecule has 0 bridgehead atoms. The van der Waals surface area contributed by atoms with Crippen LogP contribution >= 0.6 is 11.6 Å². The van der Waals surface area contributed by atoms with Gasteiger partial charge < -0.3 is 15.2 Å². The number of methoxy groups -OCH3 is 2. The van der Waals surface area contributed by atoms with Gasteiger partial charge in [0.2, 0.25) is 0 Å². The van der Waals surface area contributed by atoms with Crippen LogP contribution in [-0.2, 0) is 19.1 Å². The van der Waals surface area contributed by atoms with E-state index >= 15 is 0 Å². The number of nitrogens with zero attached hydrogens (tertiary/aromatic N) is 2. The molecule has 7 nitrogen and oxygen atoms in total. The maximum Gasteiger partial charge on any atom is 0.355 e. The Morgan fingerprint density at radius 2 is 1.69 bits per heavy atom. The Morgan fingerprint density at radius 1 is 1.06 bits per heavy atom. The molecule has 1 unspecified atom stereocenters. The zero-order valence-electron chi connectivity index (χ0n) is 18.1. The second-order valence-electron chi connectivity index (χ2n) is 7.17. The summed E-state index contributed by atoms with van der Waals surface area (Å²) in [4.78, 5) is 27.5. The monoisotopic (exact) mass is 451 g/mol. The van der Waals surface area contributed by atoms with Crippen LogP contribution in [0.15, 0.2) is 65.1 Å². The van der Waals surface area contributed by atoms with Crippen LogP contribution in [0.3, 0.4) is 0 Å². The highest BCUT2D eigenvalue weighted by Gasteiger charge is 2.43. The molecule has 2 N–H and O–H groups in total. The summed E-state index contributed by atoms with van der Waals surface area (Å²) in [6, 6.07) is 14.5. The Hall–Kier alpha value is -3.76. The first-order valence-corrected chi connectivity index (χ1v) is 10.1. The molecule has 8 heteroatoms. The number of hydrogen-bond acceptors (Lipinski definition) is 7. The number of benzene rings is 2. The predicted octanol–water partition coefficient (Wildman–Crippen LogP) is 3.85. The smallest absolute Gasteiger partial charge is 0.355 e. The highest BCUT2D eigenvalue weighted by molar-refractivity contribution is 6.31. The summed E-state index contributed by atoms with van der Waals surface area (Å²) < 4.78 is 10.1. The average Bonchev–Trinajstić information content (AvgIpc) is 2.81. The first kappa shape index (κ1) is 22.9. The second kappa shape index (κ2) is 9.16. The maximum absolute atomic E-state index is 13.1. The molecule has 0 amide bonds. The first-order valence-electron chi connectivity index (χ1n) is 9.69. The van der Waals surface area contributed by atoms with E-state index in [4.69, 9.17) is 26.8 Å². The van der Waals surface area contributed by atoms with E-state index in [9.17, 15) is 14.9 Å². The number of halogens is 1. The van der Waals surface area contributed by atoms with Crippen molar-refractivity contribution < 1.29 is 19.1 Å². The van der Waals surface area contributed by atoms with Gasteiger partial charge in [-0.25, -0.2) is 9.59 Å². The number of carbonyl (C=O) groups is 2. The maximum atomic E-state index is 13.1. The Morgan fingerprint density at radius 3 is 2.25 bits per heavy atom. The number of rotatable bonds is 4. The molecule has 1 aliphatic heterocycles. The molecule has 2 aromatic carbocycles. The first-order chi connectivity index (χ1) is 15.3. The lowest BCUT2D eigenvalue weighted by atomic mass is 9.80. The van der Waals surface area contributed by atoms with Gasteiger partial charge in [0.1, 0.15) is 11.5 Å². The highest BCUT2D eigenvalue weighted by Crippen LogP contribution is 2.45. The lowest BCUT2D eigenvalue weighted by Crippen LogP contribution is -2.41. The van der Waals surface area contributed by atoms with Gasteiger partial charge >= 0.3 is 11.9 Å². The van der Waals surface area contributed by atoms with Gasteiger partial charge in [-0.3, -0.25) is 4.90 Å². The normalized spacial score (nSPS) is 16.0. The minimum absolute atomic E-state index is 0.00266. The van der Waals surface area contributed by atoms with Crippen molar-refractivity contribution in [3.63, 3.8) is 0 Å². The van der Waals surface area contributed by atoms with Gasteiger partial charge in [-0.2, -0.15) is 5.26 Å². The van der Waals surface area contributed by atoms with Crippen LogP contribution in [0.1, 0.15) is 22.6 Å². The van der Waals surface area contributed by atoms with E-state index < -0.39 is 17.9 Å². The van der Waals surface area contributed by atoms with Crippen molar-refractivity contribution in [1.82, 2.24) is 0 Å². The fourth-order valence-corrected chi connectivity index (χ4v) is 4.05. The number of hydrogen-bond donors (Lipinski definition) is 1. The Kier molecular flexibility index (Phi) is 6.56. The van der Waals surface area contributed by atoms with E-state index in [0.29, 0.717) is 21.8 Å². The molecule has 3 rings (SSSR count). The lowest BCUT2D eigenvalue weighted by Gasteiger charge is -2.37. The summed E-state index contributed by atoms with van der Waals surface area (Å²) in [5.74, 6) is -2.49. The molecule has 0 aliphatic carbocycles. The second-order valence-corrected chi connectivity index (χ2v) is 7.58. The predicted molar refractivity (Wildman–Crippen MR) is 120 cm³/mol. The number of anilines is 1. The average molecular weight is 452 g/mol. The van der Waals surface area contributed by atoms with Crippen molar-refractivity contribution in [2.75, 3.05) is 19.1 Å². The Bertz CT molecular complexity index is 1200. The van der Waals surface area contributed by atoms with Gasteiger partial charge in [0, 0.05) is 5.02 Å². The Balaban J connectivity index is 2.49. The third-order valence-electron chi connectivity index (χ3n) is 5.40. The van der Waals surface area contributed by atoms with E-state index in [1.807, 2.05) is 6.92 Å². The van der Waals surface area contributed by atoms with Crippen LogP contribution in [0.2, 0.25) is 5.02 Å².